The first kappa shape index (κ1) is 33.2. The number of hydrogen-bond acceptors (Lipinski definition) is 0. The van der Waals surface area contributed by atoms with Crippen LogP contribution in [0.25, 0.3) is 32.7 Å². The molecule has 0 aromatic heterocycles. The first-order valence-electron chi connectivity index (χ1n) is 16.0. The van der Waals surface area contributed by atoms with Crippen molar-refractivity contribution >= 4 is 43.3 Å². The Labute approximate surface area is 295 Å². The monoisotopic (exact) mass is 865 g/mol. The fourth-order valence-electron chi connectivity index (χ4n) is 8.43. The van der Waals surface area contributed by atoms with Gasteiger partial charge in [0.25, 0.3) is 0 Å². The van der Waals surface area contributed by atoms with Crippen LogP contribution in [-0.2, 0) is 19.0 Å². The molecule has 2 aliphatic rings. The van der Waals surface area contributed by atoms with Crippen molar-refractivity contribution in [2.45, 2.75) is 32.7 Å². The van der Waals surface area contributed by atoms with Crippen LogP contribution in [0.2, 0.25) is 11.5 Å². The van der Waals surface area contributed by atoms with Gasteiger partial charge >= 0.3 is 273 Å². The third kappa shape index (κ3) is 5.23. The van der Waals surface area contributed by atoms with Crippen LogP contribution in [0.3, 0.4) is 0 Å². The summed E-state index contributed by atoms with van der Waals surface area (Å²) >= 11 is -2.43. The van der Waals surface area contributed by atoms with Crippen molar-refractivity contribution in [3.05, 3.63) is 178 Å². The number of benzene rings is 6. The molecule has 46 heavy (non-hydrogen) atoms. The molecule has 0 N–H and O–H groups in total. The molecule has 0 bridgehead atoms. The van der Waals surface area contributed by atoms with E-state index < -0.39 is 29.6 Å². The van der Waals surface area contributed by atoms with E-state index in [0.717, 1.165) is 0 Å². The molecule has 0 fully saturated rings. The molecule has 0 radical (unpaired) electrons. The molecule has 0 heterocycles. The van der Waals surface area contributed by atoms with Gasteiger partial charge in [0.1, 0.15) is 0 Å². The third-order valence-corrected chi connectivity index (χ3v) is 59.5. The van der Waals surface area contributed by atoms with Gasteiger partial charge in [-0.3, -0.25) is 0 Å². The molecule has 0 nitrogen and oxygen atoms in total. The van der Waals surface area contributed by atoms with Crippen LogP contribution in [0.15, 0.2) is 145 Å². The average Bonchev–Trinajstić information content (AvgIpc) is 3.50. The van der Waals surface area contributed by atoms with Gasteiger partial charge in [0.15, 0.2) is 0 Å². The Morgan fingerprint density at radius 2 is 0.783 bits per heavy atom. The van der Waals surface area contributed by atoms with Gasteiger partial charge in [-0.2, -0.15) is 0 Å². The van der Waals surface area contributed by atoms with E-state index in [2.05, 4.69) is 159 Å². The summed E-state index contributed by atoms with van der Waals surface area (Å²) in [5.41, 5.74) is 15.3. The molecular formula is C42H37Cl2GeHf. The number of hydrogen-bond donors (Lipinski definition) is 0. The summed E-state index contributed by atoms with van der Waals surface area (Å²) in [6, 6.07) is 50.6. The zero-order valence-electron chi connectivity index (χ0n) is 26.7. The zero-order chi connectivity index (χ0) is 29.9. The fraction of sp³-hybridized carbons (Fsp3) is 0.143. The van der Waals surface area contributed by atoms with Crippen molar-refractivity contribution in [3.63, 3.8) is 0 Å². The topological polar surface area (TPSA) is 0 Å². The molecule has 8 rings (SSSR count). The summed E-state index contributed by atoms with van der Waals surface area (Å²) in [4.78, 5) is 0. The van der Waals surface area contributed by atoms with Gasteiger partial charge in [-0.05, 0) is 0 Å². The molecule has 2 aliphatic carbocycles. The first-order chi connectivity index (χ1) is 21.5. The molecule has 0 spiro atoms. The van der Waals surface area contributed by atoms with Crippen molar-refractivity contribution in [1.82, 2.24) is 0 Å². The smallest absolute Gasteiger partial charge is 1.00 e. The second-order valence-corrected chi connectivity index (χ2v) is 58.5. The van der Waals surface area contributed by atoms with Crippen LogP contribution < -0.4 is 24.8 Å². The van der Waals surface area contributed by atoms with Crippen LogP contribution in [0.1, 0.15) is 54.6 Å². The molecular weight excluding hydrogens is 826 g/mol. The van der Waals surface area contributed by atoms with Crippen molar-refractivity contribution in [2.24, 2.45) is 0 Å². The third-order valence-electron chi connectivity index (χ3n) is 10.2. The van der Waals surface area contributed by atoms with Crippen LogP contribution in [0.4, 0.5) is 0 Å². The standard InChI is InChI=1S/2C20H15.C2H7Ge.2ClH.Hf/c2*1-14-13-16-8-3-5-11-18(16)20(14)19-12-6-9-15-7-2-4-10-17(15)19;1-3-2;;;/h2*2-13H,1H3;3H,1-2H3;2*1H;/q;;;;;+2/p-2. The van der Waals surface area contributed by atoms with Gasteiger partial charge in [-0.1, -0.05) is 0 Å². The Morgan fingerprint density at radius 3 is 1.22 bits per heavy atom. The number of fused-ring (bicyclic) bond motifs is 4. The molecule has 0 saturated heterocycles. The van der Waals surface area contributed by atoms with E-state index in [4.69, 9.17) is 0 Å². The minimum atomic E-state index is -2.43. The molecule has 6 aromatic rings. The van der Waals surface area contributed by atoms with E-state index in [1.165, 1.54) is 54.9 Å². The fourth-order valence-corrected chi connectivity index (χ4v) is 61.1. The summed E-state index contributed by atoms with van der Waals surface area (Å²) in [5, 5.41) is 5.41. The van der Waals surface area contributed by atoms with Gasteiger partial charge in [-0.25, -0.2) is 0 Å². The van der Waals surface area contributed by atoms with Gasteiger partial charge < -0.3 is 24.8 Å². The Bertz CT molecular complexity index is 2000. The maximum absolute atomic E-state index is 2.73. The number of halogens is 2. The molecule has 2 atom stereocenters. The Balaban J connectivity index is 0.00000186. The summed E-state index contributed by atoms with van der Waals surface area (Å²) in [5.74, 6) is 5.46. The predicted molar refractivity (Wildman–Crippen MR) is 189 cm³/mol. The van der Waals surface area contributed by atoms with Crippen molar-refractivity contribution < 1.29 is 43.8 Å². The first-order valence-corrected chi connectivity index (χ1v) is 37.0. The normalized spacial score (nSPS) is 16.8. The Morgan fingerprint density at radius 1 is 0.435 bits per heavy atom. The van der Waals surface area contributed by atoms with Crippen LogP contribution in [0, 0.1) is 0 Å². The Hall–Kier alpha value is -2.69. The summed E-state index contributed by atoms with van der Waals surface area (Å²) < 4.78 is 1.26. The van der Waals surface area contributed by atoms with E-state index in [9.17, 15) is 0 Å². The van der Waals surface area contributed by atoms with Gasteiger partial charge in [0.2, 0.25) is 0 Å². The summed E-state index contributed by atoms with van der Waals surface area (Å²) in [6.45, 7) is 5.01. The van der Waals surface area contributed by atoms with Gasteiger partial charge in [0.05, 0.1) is 0 Å². The van der Waals surface area contributed by atoms with Crippen molar-refractivity contribution in [2.75, 3.05) is 0 Å². The van der Waals surface area contributed by atoms with Gasteiger partial charge in [0, 0.05) is 0 Å². The molecule has 0 saturated carbocycles. The van der Waals surface area contributed by atoms with Crippen LogP contribution in [-0.4, -0.2) is 10.6 Å². The van der Waals surface area contributed by atoms with E-state index >= 15 is 0 Å². The van der Waals surface area contributed by atoms with E-state index in [1.807, 2.05) is 0 Å². The van der Waals surface area contributed by atoms with Crippen molar-refractivity contribution in [1.29, 1.82) is 0 Å². The maximum atomic E-state index is 2.73. The zero-order valence-corrected chi connectivity index (χ0v) is 34.2. The predicted octanol–water partition coefficient (Wildman–Crippen LogP) is 5.06. The Kier molecular flexibility index (Phi) is 9.70. The van der Waals surface area contributed by atoms with E-state index in [0.29, 0.717) is 7.35 Å². The number of rotatable bonds is 5. The molecule has 0 aliphatic heterocycles. The molecule has 0 amide bonds. The minimum absolute atomic E-state index is 0. The second kappa shape index (κ2) is 13.4. The van der Waals surface area contributed by atoms with E-state index in [1.54, 1.807) is 22.3 Å². The molecule has 227 valence electrons. The quantitative estimate of drug-likeness (QED) is 0.213. The van der Waals surface area contributed by atoms with Crippen LogP contribution >= 0.6 is 0 Å². The molecule has 6 aromatic carbocycles. The van der Waals surface area contributed by atoms with Gasteiger partial charge in [-0.15, -0.1) is 0 Å². The molecule has 2 unspecified atom stereocenters. The minimum Gasteiger partial charge on any atom is -1.00 e. The summed E-state index contributed by atoms with van der Waals surface area (Å²) in [6.07, 6.45) is 0. The summed E-state index contributed by atoms with van der Waals surface area (Å²) in [7, 11) is -1.57. The SMILES string of the molecule is CC1=C(c2cccc3ccccc23)c2ccccc2[CH]1[Hf+2]([CH]1C(C)=C(c2cccc3ccccc23)c2ccccc21)[GeH]([CH3])[CH3].[Cl-].[Cl-]. The maximum Gasteiger partial charge on any atom is -1.00 e. The van der Waals surface area contributed by atoms with Crippen LogP contribution in [0.5, 0.6) is 0 Å². The van der Waals surface area contributed by atoms with Crippen molar-refractivity contribution in [3.8, 4) is 0 Å². The molecule has 4 heteroatoms. The number of allylic oxidation sites excluding steroid dienone is 2. The largest absolute Gasteiger partial charge is 1.00 e. The average molecular weight is 864 g/mol. The van der Waals surface area contributed by atoms with E-state index in [-0.39, 0.29) is 24.8 Å². The second-order valence-electron chi connectivity index (χ2n) is 12.9.